The van der Waals surface area contributed by atoms with Gasteiger partial charge in [-0.2, -0.15) is 24.9 Å². The summed E-state index contributed by atoms with van der Waals surface area (Å²) in [6.45, 7) is 2.77. The van der Waals surface area contributed by atoms with Crippen LogP contribution in [0.15, 0.2) is 24.3 Å². The first-order valence-electron chi connectivity index (χ1n) is 6.40. The molecule has 1 atom stereocenters. The summed E-state index contributed by atoms with van der Waals surface area (Å²) < 4.78 is 37.2. The largest absolute Gasteiger partial charge is 0.416 e. The maximum Gasteiger partial charge on any atom is 0.416 e. The molecular formula is C15H16F3NS. The molecule has 2 rings (SSSR count). The second-order valence-corrected chi connectivity index (χ2v) is 5.90. The molecule has 1 nitrogen and oxygen atoms in total. The number of likely N-dealkylation sites (tertiary alicyclic amines) is 1. The van der Waals surface area contributed by atoms with Gasteiger partial charge in [-0.25, -0.2) is 0 Å². The number of benzene rings is 1. The van der Waals surface area contributed by atoms with Crippen molar-refractivity contribution in [1.82, 2.24) is 4.90 Å². The van der Waals surface area contributed by atoms with Gasteiger partial charge in [-0.15, -0.1) is 0 Å². The highest BCUT2D eigenvalue weighted by Gasteiger charge is 2.29. The van der Waals surface area contributed by atoms with Gasteiger partial charge in [0.05, 0.1) is 12.1 Å². The lowest BCUT2D eigenvalue weighted by atomic mass is 10.1. The molecule has 1 aliphatic heterocycles. The maximum atomic E-state index is 12.4. The zero-order chi connectivity index (χ0) is 14.6. The van der Waals surface area contributed by atoms with Crippen LogP contribution in [0.25, 0.3) is 0 Å². The average Bonchev–Trinajstić information content (AvgIpc) is 2.86. The SMILES string of the molecule is CSC1CCN(CC#Cc2ccc(C(F)(F)F)cc2)C1. The molecule has 0 bridgehead atoms. The second-order valence-electron chi connectivity index (χ2n) is 4.76. The van der Waals surface area contributed by atoms with Gasteiger partial charge in [-0.3, -0.25) is 4.90 Å². The van der Waals surface area contributed by atoms with Gasteiger partial charge < -0.3 is 0 Å². The molecule has 1 unspecified atom stereocenters. The molecule has 0 amide bonds. The minimum Gasteiger partial charge on any atom is -0.291 e. The van der Waals surface area contributed by atoms with Crippen molar-refractivity contribution in [3.63, 3.8) is 0 Å². The number of thioether (sulfide) groups is 1. The summed E-state index contributed by atoms with van der Waals surface area (Å²) in [4.78, 5) is 2.28. The van der Waals surface area contributed by atoms with E-state index in [9.17, 15) is 13.2 Å². The van der Waals surface area contributed by atoms with Gasteiger partial charge in [-0.05, 0) is 36.9 Å². The lowest BCUT2D eigenvalue weighted by Crippen LogP contribution is -2.21. The minimum atomic E-state index is -4.28. The van der Waals surface area contributed by atoms with Crippen LogP contribution in [0.5, 0.6) is 0 Å². The summed E-state index contributed by atoms with van der Waals surface area (Å²) in [7, 11) is 0. The highest BCUT2D eigenvalue weighted by Crippen LogP contribution is 2.28. The highest BCUT2D eigenvalue weighted by atomic mass is 32.2. The Kier molecular flexibility index (Phi) is 5.00. The van der Waals surface area contributed by atoms with Gasteiger partial charge >= 0.3 is 6.18 Å². The van der Waals surface area contributed by atoms with E-state index in [4.69, 9.17) is 0 Å². The molecule has 0 saturated carbocycles. The summed E-state index contributed by atoms with van der Waals surface area (Å²) >= 11 is 1.87. The lowest BCUT2D eigenvalue weighted by molar-refractivity contribution is -0.137. The predicted molar refractivity (Wildman–Crippen MR) is 76.7 cm³/mol. The van der Waals surface area contributed by atoms with Crippen molar-refractivity contribution in [2.75, 3.05) is 25.9 Å². The van der Waals surface area contributed by atoms with Crippen molar-refractivity contribution in [2.45, 2.75) is 17.8 Å². The summed E-state index contributed by atoms with van der Waals surface area (Å²) in [5.41, 5.74) is -0.0102. The van der Waals surface area contributed by atoms with Crippen LogP contribution < -0.4 is 0 Å². The van der Waals surface area contributed by atoms with Crippen LogP contribution >= 0.6 is 11.8 Å². The second kappa shape index (κ2) is 6.55. The van der Waals surface area contributed by atoms with E-state index in [1.165, 1.54) is 18.6 Å². The molecule has 1 aromatic rings. The molecule has 0 N–H and O–H groups in total. The molecule has 1 aromatic carbocycles. The zero-order valence-electron chi connectivity index (χ0n) is 11.2. The molecule has 0 aromatic heterocycles. The molecule has 0 spiro atoms. The van der Waals surface area contributed by atoms with Crippen LogP contribution in [0.1, 0.15) is 17.5 Å². The Labute approximate surface area is 121 Å². The summed E-state index contributed by atoms with van der Waals surface area (Å²) in [5, 5.41) is 0.683. The van der Waals surface area contributed by atoms with Crippen molar-refractivity contribution in [3.8, 4) is 11.8 Å². The number of rotatable bonds is 2. The number of halogens is 3. The third kappa shape index (κ3) is 4.19. The Bertz CT molecular complexity index is 499. The Morgan fingerprint density at radius 2 is 2.00 bits per heavy atom. The van der Waals surface area contributed by atoms with Gasteiger partial charge in [0.2, 0.25) is 0 Å². The van der Waals surface area contributed by atoms with Crippen molar-refractivity contribution < 1.29 is 13.2 Å². The smallest absolute Gasteiger partial charge is 0.291 e. The van der Waals surface area contributed by atoms with Crippen molar-refractivity contribution in [1.29, 1.82) is 0 Å². The first kappa shape index (κ1) is 15.3. The summed E-state index contributed by atoms with van der Waals surface area (Å²) in [6, 6.07) is 4.99. The van der Waals surface area contributed by atoms with Crippen LogP contribution in [0.4, 0.5) is 13.2 Å². The third-order valence-electron chi connectivity index (χ3n) is 3.31. The van der Waals surface area contributed by atoms with E-state index in [0.29, 0.717) is 17.4 Å². The number of alkyl halides is 3. The molecule has 0 radical (unpaired) electrons. The van der Waals surface area contributed by atoms with Crippen molar-refractivity contribution in [2.24, 2.45) is 0 Å². The number of hydrogen-bond acceptors (Lipinski definition) is 2. The van der Waals surface area contributed by atoms with Gasteiger partial charge in [0.25, 0.3) is 0 Å². The Hall–Kier alpha value is -1.12. The topological polar surface area (TPSA) is 3.24 Å². The quantitative estimate of drug-likeness (QED) is 0.769. The fourth-order valence-electron chi connectivity index (χ4n) is 2.13. The number of hydrogen-bond donors (Lipinski definition) is 0. The molecular weight excluding hydrogens is 283 g/mol. The van der Waals surface area contributed by atoms with Crippen LogP contribution in [-0.4, -0.2) is 36.0 Å². The first-order chi connectivity index (χ1) is 9.49. The molecule has 5 heteroatoms. The van der Waals surface area contributed by atoms with Gasteiger partial charge in [0.15, 0.2) is 0 Å². The Morgan fingerprint density at radius 3 is 2.55 bits per heavy atom. The number of nitrogens with zero attached hydrogens (tertiary/aromatic N) is 1. The van der Waals surface area contributed by atoms with Gasteiger partial charge in [-0.1, -0.05) is 11.8 Å². The zero-order valence-corrected chi connectivity index (χ0v) is 12.0. The fraction of sp³-hybridized carbons (Fsp3) is 0.467. The van der Waals surface area contributed by atoms with Crippen LogP contribution in [-0.2, 0) is 6.18 Å². The molecule has 108 valence electrons. The predicted octanol–water partition coefficient (Wildman–Crippen LogP) is 3.49. The molecule has 1 fully saturated rings. The molecule has 1 aliphatic rings. The van der Waals surface area contributed by atoms with Gasteiger partial charge in [0.1, 0.15) is 0 Å². The van der Waals surface area contributed by atoms with Crippen molar-refractivity contribution in [3.05, 3.63) is 35.4 Å². The van der Waals surface area contributed by atoms with E-state index in [1.54, 1.807) is 0 Å². The normalized spacial score (nSPS) is 19.7. The molecule has 0 aliphatic carbocycles. The van der Waals surface area contributed by atoms with E-state index < -0.39 is 11.7 Å². The standard InChI is InChI=1S/C15H16F3NS/c1-20-14-8-10-19(11-14)9-2-3-12-4-6-13(7-5-12)15(16,17)18/h4-7,14H,8-11H2,1H3. The van der Waals surface area contributed by atoms with E-state index in [2.05, 4.69) is 23.0 Å². The third-order valence-corrected chi connectivity index (χ3v) is 4.36. The van der Waals surface area contributed by atoms with Crippen molar-refractivity contribution >= 4 is 11.8 Å². The van der Waals surface area contributed by atoms with Crippen LogP contribution in [0, 0.1) is 11.8 Å². The Balaban J connectivity index is 1.90. The molecule has 20 heavy (non-hydrogen) atoms. The van der Waals surface area contributed by atoms with Gasteiger partial charge in [0, 0.05) is 23.9 Å². The minimum absolute atomic E-state index is 0.624. The maximum absolute atomic E-state index is 12.4. The van der Waals surface area contributed by atoms with Crippen LogP contribution in [0.3, 0.4) is 0 Å². The fourth-order valence-corrected chi connectivity index (χ4v) is 2.83. The summed E-state index contributed by atoms with van der Waals surface area (Å²) in [5.74, 6) is 5.95. The van der Waals surface area contributed by atoms with E-state index in [1.807, 2.05) is 11.8 Å². The van der Waals surface area contributed by atoms with E-state index in [0.717, 1.165) is 25.2 Å². The van der Waals surface area contributed by atoms with Crippen LogP contribution in [0.2, 0.25) is 0 Å². The monoisotopic (exact) mass is 299 g/mol. The molecule has 1 heterocycles. The van der Waals surface area contributed by atoms with E-state index in [-0.39, 0.29) is 0 Å². The first-order valence-corrected chi connectivity index (χ1v) is 7.69. The lowest BCUT2D eigenvalue weighted by Gasteiger charge is -2.10. The molecule has 1 saturated heterocycles. The average molecular weight is 299 g/mol. The Morgan fingerprint density at radius 1 is 1.30 bits per heavy atom. The summed E-state index contributed by atoms with van der Waals surface area (Å²) in [6.07, 6.45) is -0.987. The van der Waals surface area contributed by atoms with E-state index >= 15 is 0 Å². The highest BCUT2D eigenvalue weighted by molar-refractivity contribution is 7.99.